The van der Waals surface area contributed by atoms with Crippen LogP contribution in [0.1, 0.15) is 22.3 Å². The predicted molar refractivity (Wildman–Crippen MR) is 99.4 cm³/mol. The molecule has 28 heavy (non-hydrogen) atoms. The molecule has 0 bridgehead atoms. The molecule has 0 spiro atoms. The summed E-state index contributed by atoms with van der Waals surface area (Å²) in [6.45, 7) is 0.301. The van der Waals surface area contributed by atoms with E-state index in [-0.39, 0.29) is 29.5 Å². The molecule has 1 aromatic heterocycles. The molecule has 2 aliphatic heterocycles. The van der Waals surface area contributed by atoms with Crippen molar-refractivity contribution in [1.82, 2.24) is 20.5 Å². The van der Waals surface area contributed by atoms with E-state index >= 15 is 0 Å². The first-order valence-corrected chi connectivity index (χ1v) is 9.11. The number of nitrogens with zero attached hydrogens (tertiary/aromatic N) is 2. The van der Waals surface area contributed by atoms with Gasteiger partial charge in [0.15, 0.2) is 0 Å². The first kappa shape index (κ1) is 18.0. The second-order valence-corrected chi connectivity index (χ2v) is 7.09. The number of benzene rings is 1. The maximum atomic E-state index is 12.9. The summed E-state index contributed by atoms with van der Waals surface area (Å²) in [6.07, 6.45) is 3.79. The molecule has 0 unspecified atom stereocenters. The monoisotopic (exact) mass is 380 g/mol. The van der Waals surface area contributed by atoms with Crippen molar-refractivity contribution in [2.24, 2.45) is 0 Å². The van der Waals surface area contributed by atoms with Crippen LogP contribution in [0.3, 0.4) is 0 Å². The quantitative estimate of drug-likeness (QED) is 0.703. The Morgan fingerprint density at radius 3 is 2.75 bits per heavy atom. The Morgan fingerprint density at radius 2 is 2.04 bits per heavy atom. The number of fused-ring (bicyclic) bond motifs is 1. The Morgan fingerprint density at radius 1 is 1.25 bits per heavy atom. The number of hydrogen-bond donors (Lipinski definition) is 3. The van der Waals surface area contributed by atoms with Gasteiger partial charge in [-0.2, -0.15) is 0 Å². The standard InChI is InChI=1S/C20H20N4O4/c25-15-5-3-12(4-6-15)8-16-20(28)24-11-14(9-17(24)19(27)23-16)22-18(26)13-2-1-7-21-10-13/h1-7,10,14,16-17,25H,8-9,11H2,(H,22,26)(H,23,27)/t14-,16+,17-/m0/s1. The van der Waals surface area contributed by atoms with Crippen molar-refractivity contribution in [2.75, 3.05) is 6.54 Å². The number of aromatic hydroxyl groups is 1. The Kier molecular flexibility index (Phi) is 4.68. The van der Waals surface area contributed by atoms with Crippen LogP contribution >= 0.6 is 0 Å². The van der Waals surface area contributed by atoms with Gasteiger partial charge < -0.3 is 20.6 Å². The second-order valence-electron chi connectivity index (χ2n) is 7.09. The van der Waals surface area contributed by atoms with Gasteiger partial charge in [-0.3, -0.25) is 19.4 Å². The van der Waals surface area contributed by atoms with Crippen molar-refractivity contribution in [3.05, 3.63) is 59.9 Å². The van der Waals surface area contributed by atoms with E-state index in [0.29, 0.717) is 24.9 Å². The molecule has 2 fully saturated rings. The third-order valence-corrected chi connectivity index (χ3v) is 5.14. The van der Waals surface area contributed by atoms with Crippen LogP contribution in [0.4, 0.5) is 0 Å². The lowest BCUT2D eigenvalue weighted by Crippen LogP contribution is -2.61. The molecule has 8 heteroatoms. The summed E-state index contributed by atoms with van der Waals surface area (Å²) in [6, 6.07) is 8.38. The minimum Gasteiger partial charge on any atom is -0.508 e. The van der Waals surface area contributed by atoms with Gasteiger partial charge in [0.05, 0.1) is 5.56 Å². The average Bonchev–Trinajstić information content (AvgIpc) is 3.13. The molecule has 3 N–H and O–H groups in total. The molecule has 3 atom stereocenters. The number of pyridine rings is 1. The van der Waals surface area contributed by atoms with Crippen LogP contribution in [0.25, 0.3) is 0 Å². The number of carbonyl (C=O) groups excluding carboxylic acids is 3. The molecule has 0 saturated carbocycles. The van der Waals surface area contributed by atoms with E-state index in [1.807, 2.05) is 0 Å². The molecule has 2 saturated heterocycles. The molecule has 2 aromatic rings. The van der Waals surface area contributed by atoms with Crippen molar-refractivity contribution in [3.8, 4) is 5.75 Å². The number of phenols is 1. The minimum absolute atomic E-state index is 0.148. The number of hydrogen-bond acceptors (Lipinski definition) is 5. The minimum atomic E-state index is -0.652. The lowest BCUT2D eigenvalue weighted by Gasteiger charge is -2.34. The van der Waals surface area contributed by atoms with Crippen molar-refractivity contribution in [1.29, 1.82) is 0 Å². The zero-order valence-electron chi connectivity index (χ0n) is 15.0. The highest BCUT2D eigenvalue weighted by molar-refractivity contribution is 5.98. The maximum Gasteiger partial charge on any atom is 0.253 e. The topological polar surface area (TPSA) is 112 Å². The molecule has 144 valence electrons. The number of nitrogens with one attached hydrogen (secondary N) is 2. The summed E-state index contributed by atoms with van der Waals surface area (Å²) in [5.74, 6) is -0.488. The summed E-state index contributed by atoms with van der Waals surface area (Å²) < 4.78 is 0. The second kappa shape index (κ2) is 7.30. The molecule has 3 amide bonds. The maximum absolute atomic E-state index is 12.9. The summed E-state index contributed by atoms with van der Waals surface area (Å²) >= 11 is 0. The summed E-state index contributed by atoms with van der Waals surface area (Å²) in [7, 11) is 0. The molecule has 4 rings (SSSR count). The zero-order chi connectivity index (χ0) is 19.7. The summed E-state index contributed by atoms with van der Waals surface area (Å²) in [5, 5.41) is 15.1. The summed E-state index contributed by atoms with van der Waals surface area (Å²) in [5.41, 5.74) is 1.28. The van der Waals surface area contributed by atoms with E-state index in [4.69, 9.17) is 0 Å². The highest BCUT2D eigenvalue weighted by Gasteiger charge is 2.46. The molecular weight excluding hydrogens is 360 g/mol. The Hall–Kier alpha value is -3.42. The predicted octanol–water partition coefficient (Wildman–Crippen LogP) is 0.228. The van der Waals surface area contributed by atoms with E-state index in [0.717, 1.165) is 5.56 Å². The first-order chi connectivity index (χ1) is 13.5. The van der Waals surface area contributed by atoms with Crippen LogP contribution in [0.15, 0.2) is 48.8 Å². The zero-order valence-corrected chi connectivity index (χ0v) is 15.0. The van der Waals surface area contributed by atoms with Gasteiger partial charge in [-0.05, 0) is 36.2 Å². The lowest BCUT2D eigenvalue weighted by molar-refractivity contribution is -0.147. The molecular formula is C20H20N4O4. The highest BCUT2D eigenvalue weighted by atomic mass is 16.3. The van der Waals surface area contributed by atoms with Crippen LogP contribution in [-0.2, 0) is 16.0 Å². The van der Waals surface area contributed by atoms with E-state index in [9.17, 15) is 19.5 Å². The number of amides is 3. The normalized spacial score (nSPS) is 23.9. The van der Waals surface area contributed by atoms with E-state index in [1.165, 1.54) is 6.20 Å². The number of aromatic nitrogens is 1. The van der Waals surface area contributed by atoms with Crippen molar-refractivity contribution in [3.63, 3.8) is 0 Å². The van der Waals surface area contributed by atoms with Gasteiger partial charge in [0, 0.05) is 31.4 Å². The van der Waals surface area contributed by atoms with Gasteiger partial charge >= 0.3 is 0 Å². The van der Waals surface area contributed by atoms with Gasteiger partial charge in [-0.25, -0.2) is 0 Å². The fourth-order valence-electron chi connectivity index (χ4n) is 3.73. The molecule has 0 radical (unpaired) electrons. The SMILES string of the molecule is O=C(N[C@H]1C[C@H]2C(=O)N[C@H](Cc3ccc(O)cc3)C(=O)N2C1)c1cccnc1. The Labute approximate surface area is 161 Å². The lowest BCUT2D eigenvalue weighted by atomic mass is 10.0. The number of phenolic OH excluding ortho intramolecular Hbond substituents is 1. The third kappa shape index (κ3) is 3.53. The molecule has 0 aliphatic carbocycles. The van der Waals surface area contributed by atoms with Crippen LogP contribution in [0, 0.1) is 0 Å². The smallest absolute Gasteiger partial charge is 0.253 e. The van der Waals surface area contributed by atoms with Gasteiger partial charge in [-0.15, -0.1) is 0 Å². The fourth-order valence-corrected chi connectivity index (χ4v) is 3.73. The third-order valence-electron chi connectivity index (χ3n) is 5.14. The molecule has 3 heterocycles. The van der Waals surface area contributed by atoms with Crippen LogP contribution in [0.5, 0.6) is 5.75 Å². The summed E-state index contributed by atoms with van der Waals surface area (Å²) in [4.78, 5) is 43.2. The Balaban J connectivity index is 1.42. The van der Waals surface area contributed by atoms with Gasteiger partial charge in [0.1, 0.15) is 17.8 Å². The number of rotatable bonds is 4. The molecule has 2 aliphatic rings. The van der Waals surface area contributed by atoms with Crippen LogP contribution in [-0.4, -0.2) is 57.4 Å². The van der Waals surface area contributed by atoms with Crippen molar-refractivity contribution >= 4 is 17.7 Å². The fraction of sp³-hybridized carbons (Fsp3) is 0.300. The van der Waals surface area contributed by atoms with Gasteiger partial charge in [-0.1, -0.05) is 12.1 Å². The first-order valence-electron chi connectivity index (χ1n) is 9.11. The largest absolute Gasteiger partial charge is 0.508 e. The molecule has 1 aromatic carbocycles. The Bertz CT molecular complexity index is 900. The van der Waals surface area contributed by atoms with Gasteiger partial charge in [0.2, 0.25) is 11.8 Å². The van der Waals surface area contributed by atoms with E-state index < -0.39 is 12.1 Å². The number of piperazine rings is 1. The molecule has 8 nitrogen and oxygen atoms in total. The van der Waals surface area contributed by atoms with Crippen molar-refractivity contribution in [2.45, 2.75) is 31.0 Å². The van der Waals surface area contributed by atoms with E-state index in [2.05, 4.69) is 15.6 Å². The van der Waals surface area contributed by atoms with Gasteiger partial charge in [0.25, 0.3) is 5.91 Å². The van der Waals surface area contributed by atoms with Crippen LogP contribution in [0.2, 0.25) is 0 Å². The van der Waals surface area contributed by atoms with Crippen LogP contribution < -0.4 is 10.6 Å². The highest BCUT2D eigenvalue weighted by Crippen LogP contribution is 2.24. The number of carbonyl (C=O) groups is 3. The average molecular weight is 380 g/mol. The van der Waals surface area contributed by atoms with Crippen molar-refractivity contribution < 1.29 is 19.5 Å². The van der Waals surface area contributed by atoms with E-state index in [1.54, 1.807) is 47.5 Å².